The normalized spacial score (nSPS) is 10.9. The smallest absolute Gasteiger partial charge is 0.252 e. The number of pyridine rings is 1. The number of nitrogens with two attached hydrogens (primary N) is 1. The summed E-state index contributed by atoms with van der Waals surface area (Å²) in [7, 11) is 1.79. The van der Waals surface area contributed by atoms with E-state index in [1.54, 1.807) is 11.7 Å². The maximum Gasteiger partial charge on any atom is 0.252 e. The first kappa shape index (κ1) is 15.0. The van der Waals surface area contributed by atoms with E-state index in [1.165, 1.54) is 6.20 Å². The molecule has 0 aliphatic rings. The standard InChI is InChI=1S/C16H17N5O2/c1-9-13-14(19-11-5-3-4-10(6-11)8-22)12(15(17)23)7-18-16(13)21(2)20-9/h3-7,22H,8H2,1-2H3,(H2,17,23)(H,18,19). The first-order chi connectivity index (χ1) is 11.0. The monoisotopic (exact) mass is 311 g/mol. The van der Waals surface area contributed by atoms with Crippen LogP contribution in [-0.4, -0.2) is 25.8 Å². The Morgan fingerprint density at radius 2 is 2.22 bits per heavy atom. The summed E-state index contributed by atoms with van der Waals surface area (Å²) in [6.45, 7) is 1.79. The Bertz CT molecular complexity index is 901. The van der Waals surface area contributed by atoms with Crippen LogP contribution in [0.15, 0.2) is 30.5 Å². The zero-order valence-electron chi connectivity index (χ0n) is 12.9. The Morgan fingerprint density at radius 1 is 1.43 bits per heavy atom. The number of aliphatic hydroxyl groups excluding tert-OH is 1. The van der Waals surface area contributed by atoms with E-state index in [4.69, 9.17) is 5.73 Å². The van der Waals surface area contributed by atoms with Crippen molar-refractivity contribution >= 4 is 28.3 Å². The van der Waals surface area contributed by atoms with Crippen molar-refractivity contribution in [2.24, 2.45) is 12.8 Å². The molecule has 0 aliphatic heterocycles. The molecule has 1 amide bonds. The highest BCUT2D eigenvalue weighted by Crippen LogP contribution is 2.31. The molecule has 3 aromatic rings. The minimum Gasteiger partial charge on any atom is -0.392 e. The van der Waals surface area contributed by atoms with Gasteiger partial charge in [0.1, 0.15) is 0 Å². The van der Waals surface area contributed by atoms with Crippen LogP contribution in [0.5, 0.6) is 0 Å². The topological polar surface area (TPSA) is 106 Å². The lowest BCUT2D eigenvalue weighted by Crippen LogP contribution is -2.14. The first-order valence-electron chi connectivity index (χ1n) is 7.10. The highest BCUT2D eigenvalue weighted by atomic mass is 16.3. The number of primary amides is 1. The Hall–Kier alpha value is -2.93. The second-order valence-electron chi connectivity index (χ2n) is 5.30. The summed E-state index contributed by atoms with van der Waals surface area (Å²) >= 11 is 0. The molecular formula is C16H17N5O2. The number of fused-ring (bicyclic) bond motifs is 1. The van der Waals surface area contributed by atoms with Crippen molar-refractivity contribution in [3.8, 4) is 0 Å². The van der Waals surface area contributed by atoms with Gasteiger partial charge in [-0.15, -0.1) is 0 Å². The molecule has 118 valence electrons. The van der Waals surface area contributed by atoms with Crippen LogP contribution in [0.25, 0.3) is 11.0 Å². The molecule has 0 spiro atoms. The fourth-order valence-corrected chi connectivity index (χ4v) is 2.62. The van der Waals surface area contributed by atoms with Gasteiger partial charge < -0.3 is 16.2 Å². The number of carbonyl (C=O) groups excluding carboxylic acids is 1. The minimum atomic E-state index is -0.566. The number of hydrogen-bond donors (Lipinski definition) is 3. The molecule has 0 unspecified atom stereocenters. The summed E-state index contributed by atoms with van der Waals surface area (Å²) < 4.78 is 1.66. The van der Waals surface area contributed by atoms with Crippen molar-refractivity contribution in [1.29, 1.82) is 0 Å². The Morgan fingerprint density at radius 3 is 2.91 bits per heavy atom. The lowest BCUT2D eigenvalue weighted by atomic mass is 10.1. The fraction of sp³-hybridized carbons (Fsp3) is 0.188. The number of rotatable bonds is 4. The van der Waals surface area contributed by atoms with Gasteiger partial charge in [-0.2, -0.15) is 5.10 Å². The Labute approximate surface area is 132 Å². The van der Waals surface area contributed by atoms with E-state index < -0.39 is 5.91 Å². The molecule has 7 nitrogen and oxygen atoms in total. The van der Waals surface area contributed by atoms with E-state index in [-0.39, 0.29) is 6.61 Å². The molecule has 1 aromatic carbocycles. The number of aryl methyl sites for hydroxylation is 2. The largest absolute Gasteiger partial charge is 0.392 e. The van der Waals surface area contributed by atoms with Crippen LogP contribution in [0, 0.1) is 6.92 Å². The van der Waals surface area contributed by atoms with Crippen LogP contribution >= 0.6 is 0 Å². The maximum atomic E-state index is 11.8. The predicted molar refractivity (Wildman–Crippen MR) is 87.4 cm³/mol. The molecule has 0 radical (unpaired) electrons. The van der Waals surface area contributed by atoms with Gasteiger partial charge >= 0.3 is 0 Å². The number of hydrogen-bond acceptors (Lipinski definition) is 5. The summed E-state index contributed by atoms with van der Waals surface area (Å²) in [5.74, 6) is -0.566. The molecule has 0 saturated carbocycles. The maximum absolute atomic E-state index is 11.8. The zero-order chi connectivity index (χ0) is 16.6. The lowest BCUT2D eigenvalue weighted by molar-refractivity contribution is 0.100. The van der Waals surface area contributed by atoms with Gasteiger partial charge in [-0.25, -0.2) is 4.98 Å². The van der Waals surface area contributed by atoms with Crippen molar-refractivity contribution in [2.45, 2.75) is 13.5 Å². The molecule has 2 heterocycles. The van der Waals surface area contributed by atoms with Gasteiger partial charge in [-0.1, -0.05) is 12.1 Å². The average Bonchev–Trinajstić information content (AvgIpc) is 2.82. The van der Waals surface area contributed by atoms with Crippen molar-refractivity contribution in [2.75, 3.05) is 5.32 Å². The van der Waals surface area contributed by atoms with Gasteiger partial charge in [-0.3, -0.25) is 9.48 Å². The number of nitrogens with zero attached hydrogens (tertiary/aromatic N) is 3. The van der Waals surface area contributed by atoms with E-state index in [1.807, 2.05) is 31.2 Å². The van der Waals surface area contributed by atoms with Crippen molar-refractivity contribution in [1.82, 2.24) is 14.8 Å². The van der Waals surface area contributed by atoms with E-state index in [9.17, 15) is 9.90 Å². The van der Waals surface area contributed by atoms with Crippen LogP contribution in [0.3, 0.4) is 0 Å². The van der Waals surface area contributed by atoms with Gasteiger partial charge in [0, 0.05) is 18.9 Å². The zero-order valence-corrected chi connectivity index (χ0v) is 12.9. The number of nitrogens with one attached hydrogen (secondary N) is 1. The molecule has 7 heteroatoms. The molecule has 0 atom stereocenters. The number of anilines is 2. The van der Waals surface area contributed by atoms with E-state index >= 15 is 0 Å². The third-order valence-electron chi connectivity index (χ3n) is 3.67. The molecule has 2 aromatic heterocycles. The van der Waals surface area contributed by atoms with Crippen LogP contribution in [0.4, 0.5) is 11.4 Å². The molecule has 4 N–H and O–H groups in total. The summed E-state index contributed by atoms with van der Waals surface area (Å²) in [5, 5.41) is 17.6. The number of aliphatic hydroxyl groups is 1. The third kappa shape index (κ3) is 2.62. The average molecular weight is 311 g/mol. The minimum absolute atomic E-state index is 0.0596. The van der Waals surface area contributed by atoms with Crippen LogP contribution in [0.1, 0.15) is 21.6 Å². The fourth-order valence-electron chi connectivity index (χ4n) is 2.62. The summed E-state index contributed by atoms with van der Waals surface area (Å²) in [6.07, 6.45) is 1.45. The van der Waals surface area contributed by atoms with Gasteiger partial charge in [-0.05, 0) is 24.6 Å². The van der Waals surface area contributed by atoms with Gasteiger partial charge in [0.05, 0.1) is 28.9 Å². The SMILES string of the molecule is Cc1nn(C)c2ncc(C(N)=O)c(Nc3cccc(CO)c3)c12. The summed E-state index contributed by atoms with van der Waals surface area (Å²) in [5.41, 5.74) is 9.27. The second-order valence-corrected chi connectivity index (χ2v) is 5.30. The molecule has 0 bridgehead atoms. The van der Waals surface area contributed by atoms with Gasteiger partial charge in [0.15, 0.2) is 5.65 Å². The highest BCUT2D eigenvalue weighted by molar-refractivity contribution is 6.07. The van der Waals surface area contributed by atoms with E-state index in [0.717, 1.165) is 22.3 Å². The van der Waals surface area contributed by atoms with E-state index in [2.05, 4.69) is 15.4 Å². The molecule has 3 rings (SSSR count). The van der Waals surface area contributed by atoms with Gasteiger partial charge in [0.2, 0.25) is 0 Å². The lowest BCUT2D eigenvalue weighted by Gasteiger charge is -2.12. The number of carbonyl (C=O) groups is 1. The molecular weight excluding hydrogens is 294 g/mol. The van der Waals surface area contributed by atoms with E-state index in [0.29, 0.717) is 16.9 Å². The van der Waals surface area contributed by atoms with Crippen molar-refractivity contribution < 1.29 is 9.90 Å². The number of aromatic nitrogens is 3. The quantitative estimate of drug-likeness (QED) is 0.679. The van der Waals surface area contributed by atoms with Gasteiger partial charge in [0.25, 0.3) is 5.91 Å². The number of amides is 1. The van der Waals surface area contributed by atoms with Crippen molar-refractivity contribution in [3.63, 3.8) is 0 Å². The third-order valence-corrected chi connectivity index (χ3v) is 3.67. The highest BCUT2D eigenvalue weighted by Gasteiger charge is 2.18. The molecule has 0 saturated heterocycles. The molecule has 23 heavy (non-hydrogen) atoms. The summed E-state index contributed by atoms with van der Waals surface area (Å²) in [6, 6.07) is 7.30. The van der Waals surface area contributed by atoms with Crippen molar-refractivity contribution in [3.05, 3.63) is 47.3 Å². The summed E-state index contributed by atoms with van der Waals surface area (Å²) in [4.78, 5) is 16.1. The predicted octanol–water partition coefficient (Wildman–Crippen LogP) is 1.61. The Kier molecular flexibility index (Phi) is 3.71. The number of benzene rings is 1. The van der Waals surface area contributed by atoms with Crippen LogP contribution in [0.2, 0.25) is 0 Å². The second kappa shape index (κ2) is 5.69. The van der Waals surface area contributed by atoms with Crippen LogP contribution < -0.4 is 11.1 Å². The molecule has 0 fully saturated rings. The molecule has 0 aliphatic carbocycles. The van der Waals surface area contributed by atoms with Crippen LogP contribution in [-0.2, 0) is 13.7 Å². The Balaban J connectivity index is 2.21. The first-order valence-corrected chi connectivity index (χ1v) is 7.10.